The summed E-state index contributed by atoms with van der Waals surface area (Å²) >= 11 is 0. The zero-order valence-electron chi connectivity index (χ0n) is 8.83. The third-order valence-electron chi connectivity index (χ3n) is 2.80. The topological polar surface area (TPSA) is 52.6 Å². The van der Waals surface area contributed by atoms with E-state index in [-0.39, 0.29) is 12.6 Å². The third kappa shape index (κ3) is 3.54. The van der Waals surface area contributed by atoms with Crippen molar-refractivity contribution in [2.75, 3.05) is 26.7 Å². The van der Waals surface area contributed by atoms with Crippen LogP contribution in [0.2, 0.25) is 0 Å². The highest BCUT2D eigenvalue weighted by Crippen LogP contribution is 2.23. The Bertz CT molecular complexity index is 179. The maximum Gasteiger partial charge on any atom is 0.317 e. The van der Waals surface area contributed by atoms with Gasteiger partial charge in [-0.25, -0.2) is 4.79 Å². The normalized spacial score (nSPS) is 17.0. The smallest absolute Gasteiger partial charge is 0.317 e. The molecule has 1 aliphatic carbocycles. The Kier molecular flexibility index (Phi) is 4.73. The Morgan fingerprint density at radius 2 is 2.14 bits per heavy atom. The summed E-state index contributed by atoms with van der Waals surface area (Å²) in [6.45, 7) is 1.21. The number of nitrogens with zero attached hydrogens (tertiary/aromatic N) is 1. The molecule has 0 aromatic heterocycles. The lowest BCUT2D eigenvalue weighted by atomic mass is 10.1. The van der Waals surface area contributed by atoms with Gasteiger partial charge in [0.1, 0.15) is 0 Å². The minimum Gasteiger partial charge on any atom is -0.395 e. The van der Waals surface area contributed by atoms with Gasteiger partial charge < -0.3 is 15.3 Å². The van der Waals surface area contributed by atoms with Crippen molar-refractivity contribution in [3.63, 3.8) is 0 Å². The Morgan fingerprint density at radius 3 is 2.71 bits per heavy atom. The van der Waals surface area contributed by atoms with Crippen molar-refractivity contribution in [3.05, 3.63) is 0 Å². The number of carbonyl (C=O) groups excluding carboxylic acids is 1. The lowest BCUT2D eigenvalue weighted by Crippen LogP contribution is -2.40. The fraction of sp³-hybridized carbons (Fsp3) is 0.900. The molecule has 1 saturated carbocycles. The van der Waals surface area contributed by atoms with Gasteiger partial charge in [-0.3, -0.25) is 0 Å². The zero-order valence-corrected chi connectivity index (χ0v) is 8.83. The van der Waals surface area contributed by atoms with E-state index in [9.17, 15) is 4.79 Å². The molecule has 0 aliphatic heterocycles. The van der Waals surface area contributed by atoms with Gasteiger partial charge >= 0.3 is 6.03 Å². The van der Waals surface area contributed by atoms with Crippen LogP contribution in [0, 0.1) is 5.92 Å². The number of amides is 2. The predicted octanol–water partition coefficient (Wildman–Crippen LogP) is 0.810. The van der Waals surface area contributed by atoms with E-state index in [0.717, 1.165) is 6.54 Å². The number of nitrogens with one attached hydrogen (secondary N) is 1. The number of likely N-dealkylation sites (N-methyl/N-ethyl adjacent to an activating group) is 1. The SMILES string of the molecule is CN(CCO)C(=O)NCC1CCCC1. The summed E-state index contributed by atoms with van der Waals surface area (Å²) < 4.78 is 0. The molecule has 0 atom stereocenters. The van der Waals surface area contributed by atoms with Gasteiger partial charge in [0.2, 0.25) is 0 Å². The number of rotatable bonds is 4. The minimum atomic E-state index is -0.0778. The van der Waals surface area contributed by atoms with Crippen molar-refractivity contribution in [1.82, 2.24) is 10.2 Å². The zero-order chi connectivity index (χ0) is 10.4. The van der Waals surface area contributed by atoms with Crippen LogP contribution in [-0.2, 0) is 0 Å². The van der Waals surface area contributed by atoms with Gasteiger partial charge in [0.25, 0.3) is 0 Å². The maximum absolute atomic E-state index is 11.4. The van der Waals surface area contributed by atoms with Gasteiger partial charge in [-0.05, 0) is 18.8 Å². The van der Waals surface area contributed by atoms with Crippen molar-refractivity contribution in [2.45, 2.75) is 25.7 Å². The van der Waals surface area contributed by atoms with Crippen LogP contribution in [0.5, 0.6) is 0 Å². The summed E-state index contributed by atoms with van der Waals surface area (Å²) in [7, 11) is 1.69. The van der Waals surface area contributed by atoms with Gasteiger partial charge in [-0.15, -0.1) is 0 Å². The van der Waals surface area contributed by atoms with Crippen LogP contribution in [0.1, 0.15) is 25.7 Å². The molecule has 2 amide bonds. The molecule has 4 heteroatoms. The molecule has 0 unspecified atom stereocenters. The Hall–Kier alpha value is -0.770. The summed E-state index contributed by atoms with van der Waals surface area (Å²) in [5.74, 6) is 0.668. The molecule has 0 heterocycles. The molecule has 0 bridgehead atoms. The van der Waals surface area contributed by atoms with Crippen molar-refractivity contribution in [1.29, 1.82) is 0 Å². The van der Waals surface area contributed by atoms with Crippen LogP contribution in [-0.4, -0.2) is 42.8 Å². The fourth-order valence-electron chi connectivity index (χ4n) is 1.83. The molecule has 1 aliphatic rings. The summed E-state index contributed by atoms with van der Waals surface area (Å²) in [6, 6.07) is -0.0778. The molecule has 1 rings (SSSR count). The summed E-state index contributed by atoms with van der Waals surface area (Å²) in [4.78, 5) is 12.9. The van der Waals surface area contributed by atoms with Crippen LogP contribution >= 0.6 is 0 Å². The molecule has 0 radical (unpaired) electrons. The van der Waals surface area contributed by atoms with Crippen LogP contribution in [0.3, 0.4) is 0 Å². The first-order chi connectivity index (χ1) is 6.74. The van der Waals surface area contributed by atoms with E-state index in [0.29, 0.717) is 12.5 Å². The minimum absolute atomic E-state index is 0.0212. The van der Waals surface area contributed by atoms with Crippen molar-refractivity contribution in [3.8, 4) is 0 Å². The summed E-state index contributed by atoms with van der Waals surface area (Å²) in [5.41, 5.74) is 0. The van der Waals surface area contributed by atoms with E-state index < -0.39 is 0 Å². The van der Waals surface area contributed by atoms with Crippen LogP contribution in [0.25, 0.3) is 0 Å². The number of aliphatic hydroxyl groups excluding tert-OH is 1. The molecule has 0 spiro atoms. The van der Waals surface area contributed by atoms with Gasteiger partial charge in [0, 0.05) is 20.1 Å². The highest BCUT2D eigenvalue weighted by Gasteiger charge is 2.16. The van der Waals surface area contributed by atoms with Crippen molar-refractivity contribution in [2.24, 2.45) is 5.92 Å². The summed E-state index contributed by atoms with van der Waals surface area (Å²) in [6.07, 6.45) is 5.08. The van der Waals surface area contributed by atoms with Crippen LogP contribution < -0.4 is 5.32 Å². The average molecular weight is 200 g/mol. The largest absolute Gasteiger partial charge is 0.395 e. The Labute approximate surface area is 85.3 Å². The van der Waals surface area contributed by atoms with Crippen molar-refractivity contribution < 1.29 is 9.90 Å². The van der Waals surface area contributed by atoms with E-state index in [4.69, 9.17) is 5.11 Å². The van der Waals surface area contributed by atoms with E-state index in [2.05, 4.69) is 5.32 Å². The second-order valence-electron chi connectivity index (χ2n) is 3.98. The van der Waals surface area contributed by atoms with Gasteiger partial charge in [0.15, 0.2) is 0 Å². The molecule has 1 fully saturated rings. The van der Waals surface area contributed by atoms with Gasteiger partial charge in [-0.1, -0.05) is 12.8 Å². The van der Waals surface area contributed by atoms with E-state index >= 15 is 0 Å². The highest BCUT2D eigenvalue weighted by atomic mass is 16.3. The van der Waals surface area contributed by atoms with Gasteiger partial charge in [0.05, 0.1) is 6.61 Å². The first-order valence-electron chi connectivity index (χ1n) is 5.34. The molecule has 14 heavy (non-hydrogen) atoms. The molecule has 4 nitrogen and oxygen atoms in total. The molecule has 0 saturated heterocycles. The molecule has 0 aromatic rings. The van der Waals surface area contributed by atoms with Crippen molar-refractivity contribution >= 4 is 6.03 Å². The molecule has 0 aromatic carbocycles. The van der Waals surface area contributed by atoms with E-state index in [1.165, 1.54) is 30.6 Å². The first-order valence-corrected chi connectivity index (χ1v) is 5.34. The van der Waals surface area contributed by atoms with E-state index in [1.54, 1.807) is 7.05 Å². The molecule has 2 N–H and O–H groups in total. The second-order valence-corrected chi connectivity index (χ2v) is 3.98. The number of carbonyl (C=O) groups is 1. The highest BCUT2D eigenvalue weighted by molar-refractivity contribution is 5.73. The monoisotopic (exact) mass is 200 g/mol. The van der Waals surface area contributed by atoms with Gasteiger partial charge in [-0.2, -0.15) is 0 Å². The number of hydrogen-bond donors (Lipinski definition) is 2. The first kappa shape index (κ1) is 11.3. The number of hydrogen-bond acceptors (Lipinski definition) is 2. The van der Waals surface area contributed by atoms with Crippen LogP contribution in [0.15, 0.2) is 0 Å². The quantitative estimate of drug-likeness (QED) is 0.705. The lowest BCUT2D eigenvalue weighted by Gasteiger charge is -2.18. The number of urea groups is 1. The molecular formula is C10H20N2O2. The molecule has 82 valence electrons. The maximum atomic E-state index is 11.4. The van der Waals surface area contributed by atoms with Crippen LogP contribution in [0.4, 0.5) is 4.79 Å². The second kappa shape index (κ2) is 5.86. The standard InChI is InChI=1S/C10H20N2O2/c1-12(6-7-13)10(14)11-8-9-4-2-3-5-9/h9,13H,2-8H2,1H3,(H,11,14). The predicted molar refractivity (Wildman–Crippen MR) is 55.1 cm³/mol. The summed E-state index contributed by atoms with van der Waals surface area (Å²) in [5, 5.41) is 11.5. The fourth-order valence-corrected chi connectivity index (χ4v) is 1.83. The van der Waals surface area contributed by atoms with E-state index in [1.807, 2.05) is 0 Å². The molecular weight excluding hydrogens is 180 g/mol. The Morgan fingerprint density at radius 1 is 1.50 bits per heavy atom. The average Bonchev–Trinajstić information content (AvgIpc) is 2.67. The third-order valence-corrected chi connectivity index (χ3v) is 2.80. The lowest BCUT2D eigenvalue weighted by molar-refractivity contribution is 0.189. The Balaban J connectivity index is 2.13. The number of aliphatic hydroxyl groups is 1.